The first-order valence-electron chi connectivity index (χ1n) is 5.00. The Balaban J connectivity index is 2.71. The van der Waals surface area contributed by atoms with Gasteiger partial charge in [0.2, 0.25) is 0 Å². The first kappa shape index (κ1) is 13.9. The number of aryl methyl sites for hydroxylation is 1. The third kappa shape index (κ3) is 5.65. The monoisotopic (exact) mass is 268 g/mol. The summed E-state index contributed by atoms with van der Waals surface area (Å²) >= 11 is 2.63. The highest BCUT2D eigenvalue weighted by Crippen LogP contribution is 2.19. The Morgan fingerprint density at radius 3 is 1.76 bits per heavy atom. The van der Waals surface area contributed by atoms with E-state index in [4.69, 9.17) is 22.3 Å². The molecule has 0 atom stereocenters. The Hall–Kier alpha value is -1.14. The molecule has 6 N–H and O–H groups in total. The van der Waals surface area contributed by atoms with E-state index in [9.17, 15) is 0 Å². The number of rotatable bonds is 4. The average molecular weight is 268 g/mol. The van der Waals surface area contributed by atoms with Gasteiger partial charge in [-0.2, -0.15) is 0 Å². The first-order chi connectivity index (χ1) is 7.97. The van der Waals surface area contributed by atoms with Gasteiger partial charge in [-0.3, -0.25) is 10.8 Å². The molecule has 0 bridgehead atoms. The zero-order chi connectivity index (χ0) is 12.8. The van der Waals surface area contributed by atoms with Crippen molar-refractivity contribution in [2.75, 3.05) is 0 Å². The van der Waals surface area contributed by atoms with Crippen LogP contribution in [0.1, 0.15) is 16.7 Å². The average Bonchev–Trinajstić information content (AvgIpc) is 2.23. The van der Waals surface area contributed by atoms with Crippen LogP contribution in [0.5, 0.6) is 0 Å². The number of nitrogens with one attached hydrogen (secondary N) is 2. The molecule has 0 spiro atoms. The lowest BCUT2D eigenvalue weighted by atomic mass is 10.1. The first-order valence-corrected chi connectivity index (χ1v) is 6.97. The Kier molecular flexibility index (Phi) is 5.37. The van der Waals surface area contributed by atoms with E-state index in [2.05, 4.69) is 18.2 Å². The lowest BCUT2D eigenvalue weighted by Crippen LogP contribution is -2.05. The summed E-state index contributed by atoms with van der Waals surface area (Å²) in [5.74, 6) is 1.41. The van der Waals surface area contributed by atoms with Crippen LogP contribution in [0.3, 0.4) is 0 Å². The van der Waals surface area contributed by atoms with E-state index in [1.54, 1.807) is 0 Å². The van der Waals surface area contributed by atoms with Crippen LogP contribution >= 0.6 is 23.5 Å². The quantitative estimate of drug-likeness (QED) is 0.497. The van der Waals surface area contributed by atoms with Crippen molar-refractivity contribution in [3.63, 3.8) is 0 Å². The number of amidine groups is 2. The van der Waals surface area contributed by atoms with Gasteiger partial charge in [0.25, 0.3) is 0 Å². The maximum atomic E-state index is 7.18. The highest BCUT2D eigenvalue weighted by atomic mass is 32.2. The molecule has 0 fully saturated rings. The molecule has 0 saturated heterocycles. The second-order valence-electron chi connectivity index (χ2n) is 3.63. The summed E-state index contributed by atoms with van der Waals surface area (Å²) in [6.07, 6.45) is 0. The molecule has 17 heavy (non-hydrogen) atoms. The molecule has 0 aliphatic heterocycles. The SMILES string of the molecule is Cc1cc(CSC(=N)N)cc(CSC(=N)N)c1. The molecule has 4 nitrogen and oxygen atoms in total. The largest absolute Gasteiger partial charge is 0.379 e. The van der Waals surface area contributed by atoms with E-state index in [1.165, 1.54) is 29.1 Å². The number of benzene rings is 1. The predicted octanol–water partition coefficient (Wildman–Crippen LogP) is 2.25. The van der Waals surface area contributed by atoms with Crippen molar-refractivity contribution in [3.8, 4) is 0 Å². The third-order valence-corrected chi connectivity index (χ3v) is 3.56. The summed E-state index contributed by atoms with van der Waals surface area (Å²) in [7, 11) is 0. The Bertz CT molecular complexity index is 395. The van der Waals surface area contributed by atoms with E-state index >= 15 is 0 Å². The van der Waals surface area contributed by atoms with Crippen LogP contribution in [0.25, 0.3) is 0 Å². The fourth-order valence-electron chi connectivity index (χ4n) is 1.44. The Morgan fingerprint density at radius 2 is 1.41 bits per heavy atom. The minimum Gasteiger partial charge on any atom is -0.379 e. The highest BCUT2D eigenvalue weighted by Gasteiger charge is 2.02. The fourth-order valence-corrected chi connectivity index (χ4v) is 2.41. The molecule has 0 saturated carbocycles. The molecule has 1 rings (SSSR count). The van der Waals surface area contributed by atoms with Crippen molar-refractivity contribution < 1.29 is 0 Å². The second kappa shape index (κ2) is 6.56. The summed E-state index contributed by atoms with van der Waals surface area (Å²) in [6.45, 7) is 2.03. The van der Waals surface area contributed by atoms with E-state index < -0.39 is 0 Å². The maximum absolute atomic E-state index is 7.18. The molecule has 0 heterocycles. The molecule has 0 amide bonds. The summed E-state index contributed by atoms with van der Waals surface area (Å²) in [6, 6.07) is 6.23. The van der Waals surface area contributed by atoms with Crippen LogP contribution in [0.15, 0.2) is 18.2 Å². The summed E-state index contributed by atoms with van der Waals surface area (Å²) in [5, 5.41) is 14.6. The van der Waals surface area contributed by atoms with Gasteiger partial charge in [0.1, 0.15) is 0 Å². The van der Waals surface area contributed by atoms with Crippen molar-refractivity contribution in [1.82, 2.24) is 0 Å². The van der Waals surface area contributed by atoms with Crippen LogP contribution in [-0.4, -0.2) is 10.3 Å². The molecule has 92 valence electrons. The van der Waals surface area contributed by atoms with Gasteiger partial charge in [-0.05, 0) is 18.1 Å². The maximum Gasteiger partial charge on any atom is 0.151 e. The third-order valence-electron chi connectivity index (χ3n) is 1.99. The smallest absolute Gasteiger partial charge is 0.151 e. The van der Waals surface area contributed by atoms with Crippen LogP contribution < -0.4 is 11.5 Å². The summed E-state index contributed by atoms with van der Waals surface area (Å²) in [5.41, 5.74) is 14.1. The van der Waals surface area contributed by atoms with Crippen LogP contribution in [-0.2, 0) is 11.5 Å². The highest BCUT2D eigenvalue weighted by molar-refractivity contribution is 8.13. The van der Waals surface area contributed by atoms with E-state index in [-0.39, 0.29) is 10.3 Å². The number of thioether (sulfide) groups is 2. The lowest BCUT2D eigenvalue weighted by Gasteiger charge is -2.06. The Labute approximate surface area is 110 Å². The van der Waals surface area contributed by atoms with Gasteiger partial charge in [0.05, 0.1) is 0 Å². The van der Waals surface area contributed by atoms with Gasteiger partial charge >= 0.3 is 0 Å². The molecule has 1 aromatic rings. The zero-order valence-corrected chi connectivity index (χ0v) is 11.3. The molecule has 0 aliphatic carbocycles. The van der Waals surface area contributed by atoms with Gasteiger partial charge in [-0.25, -0.2) is 0 Å². The van der Waals surface area contributed by atoms with Gasteiger partial charge in [-0.15, -0.1) is 0 Å². The van der Waals surface area contributed by atoms with E-state index in [1.807, 2.05) is 6.92 Å². The fraction of sp³-hybridized carbons (Fsp3) is 0.273. The number of hydrogen-bond acceptors (Lipinski definition) is 4. The van der Waals surface area contributed by atoms with Crippen molar-refractivity contribution in [1.29, 1.82) is 10.8 Å². The van der Waals surface area contributed by atoms with Crippen molar-refractivity contribution >= 4 is 33.9 Å². The predicted molar refractivity (Wildman–Crippen MR) is 77.6 cm³/mol. The Morgan fingerprint density at radius 1 is 1.00 bits per heavy atom. The standard InChI is InChI=1S/C11H16N4S2/c1-7-2-8(5-16-10(12)13)4-9(3-7)6-17-11(14)15/h2-4H,5-6H2,1H3,(H3,12,13)(H3,14,15). The van der Waals surface area contributed by atoms with Crippen molar-refractivity contribution in [2.24, 2.45) is 11.5 Å². The molecule has 0 aliphatic rings. The second-order valence-corrected chi connectivity index (χ2v) is 5.67. The summed E-state index contributed by atoms with van der Waals surface area (Å²) < 4.78 is 0. The lowest BCUT2D eigenvalue weighted by molar-refractivity contribution is 1.29. The van der Waals surface area contributed by atoms with Gasteiger partial charge < -0.3 is 11.5 Å². The minimum atomic E-state index is 0.131. The van der Waals surface area contributed by atoms with Gasteiger partial charge in [-0.1, -0.05) is 47.3 Å². The molecular formula is C11H16N4S2. The van der Waals surface area contributed by atoms with Gasteiger partial charge in [0, 0.05) is 11.5 Å². The number of hydrogen-bond donors (Lipinski definition) is 4. The van der Waals surface area contributed by atoms with Crippen LogP contribution in [0, 0.1) is 17.7 Å². The number of nitrogens with two attached hydrogens (primary N) is 2. The summed E-state index contributed by atoms with van der Waals surface area (Å²) in [4.78, 5) is 0. The van der Waals surface area contributed by atoms with Crippen LogP contribution in [0.4, 0.5) is 0 Å². The van der Waals surface area contributed by atoms with E-state index in [0.717, 1.165) is 11.1 Å². The van der Waals surface area contributed by atoms with Crippen molar-refractivity contribution in [2.45, 2.75) is 18.4 Å². The minimum absolute atomic E-state index is 0.131. The van der Waals surface area contributed by atoms with Crippen molar-refractivity contribution in [3.05, 3.63) is 34.9 Å². The molecule has 0 aromatic heterocycles. The molecule has 0 unspecified atom stereocenters. The zero-order valence-electron chi connectivity index (χ0n) is 9.62. The molecular weight excluding hydrogens is 252 g/mol. The molecule has 6 heteroatoms. The molecule has 1 aromatic carbocycles. The van der Waals surface area contributed by atoms with Crippen LogP contribution in [0.2, 0.25) is 0 Å². The van der Waals surface area contributed by atoms with E-state index in [0.29, 0.717) is 11.5 Å². The van der Waals surface area contributed by atoms with Gasteiger partial charge in [0.15, 0.2) is 10.3 Å². The molecule has 0 radical (unpaired) electrons. The topological polar surface area (TPSA) is 99.7 Å². The normalized spacial score (nSPS) is 10.2.